The van der Waals surface area contributed by atoms with Gasteiger partial charge in [0.05, 0.1) is 13.1 Å². The van der Waals surface area contributed by atoms with Crippen LogP contribution in [-0.4, -0.2) is 13.0 Å². The molecule has 22 heavy (non-hydrogen) atoms. The molecule has 0 aliphatic rings. The molecule has 0 N–H and O–H groups in total. The highest BCUT2D eigenvalue weighted by Crippen LogP contribution is 2.17. The van der Waals surface area contributed by atoms with Gasteiger partial charge >= 0.3 is 16.1 Å². The smallest absolute Gasteiger partial charge is 0.305 e. The Morgan fingerprint density at radius 2 is 1.86 bits per heavy atom. The Morgan fingerprint density at radius 3 is 2.45 bits per heavy atom. The summed E-state index contributed by atoms with van der Waals surface area (Å²) in [5.41, 5.74) is 1.01. The minimum absolute atomic E-state index is 0.170. The fraction of sp³-hybridized carbons (Fsp3) is 0.438. The Labute approximate surface area is 132 Å². The Morgan fingerprint density at radius 1 is 1.18 bits per heavy atom. The van der Waals surface area contributed by atoms with Gasteiger partial charge in [-0.1, -0.05) is 31.0 Å². The number of rotatable bonds is 7. The maximum atomic E-state index is 12.5. The molecule has 2 aromatic rings. The van der Waals surface area contributed by atoms with E-state index in [1.54, 1.807) is 28.8 Å². The van der Waals surface area contributed by atoms with Crippen LogP contribution >= 0.6 is 0 Å². The van der Waals surface area contributed by atoms with Crippen LogP contribution in [0.5, 0.6) is 6.01 Å². The van der Waals surface area contributed by atoms with Crippen molar-refractivity contribution in [2.75, 3.05) is 0 Å². The number of hydrogen-bond acceptors (Lipinski definition) is 3. The van der Waals surface area contributed by atoms with E-state index in [9.17, 15) is 8.42 Å². The Bertz CT molecular complexity index is 718. The lowest BCUT2D eigenvalue weighted by Crippen LogP contribution is -2.35. The number of aromatic nitrogens is 2. The van der Waals surface area contributed by atoms with Crippen LogP contribution < -0.4 is 8.75 Å². The van der Waals surface area contributed by atoms with Crippen LogP contribution in [0.2, 0.25) is 0 Å². The lowest BCUT2D eigenvalue weighted by molar-refractivity contribution is -0.699. The molecule has 2 rings (SSSR count). The second-order valence-electron chi connectivity index (χ2n) is 5.26. The topological polar surface area (TPSA) is 52.2 Å². The number of aryl methyl sites for hydroxylation is 3. The summed E-state index contributed by atoms with van der Waals surface area (Å²) < 4.78 is 34.0. The highest BCUT2D eigenvalue weighted by molar-refractivity contribution is 7.87. The maximum absolute atomic E-state index is 12.5. The molecule has 0 aliphatic carbocycles. The lowest BCUT2D eigenvalue weighted by Gasteiger charge is -2.06. The van der Waals surface area contributed by atoms with Gasteiger partial charge in [0.25, 0.3) is 0 Å². The SMILES string of the molecule is CCCC[n+]1ccn(CC)c1OS(=O)(=O)c1ccc(C)cc1. The number of benzene rings is 1. The third-order valence-corrected chi connectivity index (χ3v) is 4.72. The van der Waals surface area contributed by atoms with Gasteiger partial charge in [0.1, 0.15) is 17.3 Å². The van der Waals surface area contributed by atoms with Crippen LogP contribution in [0.25, 0.3) is 0 Å². The van der Waals surface area contributed by atoms with Crippen molar-refractivity contribution in [1.29, 1.82) is 0 Å². The third-order valence-electron chi connectivity index (χ3n) is 3.51. The highest BCUT2D eigenvalue weighted by atomic mass is 32.2. The number of hydrogen-bond donors (Lipinski definition) is 0. The maximum Gasteiger partial charge on any atom is 0.472 e. The van der Waals surface area contributed by atoms with Crippen LogP contribution in [-0.2, 0) is 23.2 Å². The van der Waals surface area contributed by atoms with Crippen LogP contribution in [0.15, 0.2) is 41.6 Å². The summed E-state index contributed by atoms with van der Waals surface area (Å²) in [6.45, 7) is 7.36. The fourth-order valence-electron chi connectivity index (χ4n) is 2.14. The van der Waals surface area contributed by atoms with E-state index >= 15 is 0 Å². The predicted octanol–water partition coefficient (Wildman–Crippen LogP) is 2.67. The third kappa shape index (κ3) is 3.68. The van der Waals surface area contributed by atoms with E-state index in [4.69, 9.17) is 4.18 Å². The van der Waals surface area contributed by atoms with Gasteiger partial charge < -0.3 is 4.18 Å². The van der Waals surface area contributed by atoms with Gasteiger partial charge in [-0.25, -0.2) is 0 Å². The summed E-state index contributed by atoms with van der Waals surface area (Å²) in [6.07, 6.45) is 5.71. The van der Waals surface area contributed by atoms with E-state index in [0.29, 0.717) is 12.6 Å². The summed E-state index contributed by atoms with van der Waals surface area (Å²) in [7, 11) is -3.82. The van der Waals surface area contributed by atoms with Crippen molar-refractivity contribution in [2.45, 2.75) is 51.6 Å². The minimum atomic E-state index is -3.82. The second kappa shape index (κ2) is 6.96. The van der Waals surface area contributed by atoms with Crippen molar-refractivity contribution in [3.05, 3.63) is 42.2 Å². The van der Waals surface area contributed by atoms with Crippen molar-refractivity contribution in [3.8, 4) is 6.01 Å². The summed E-state index contributed by atoms with van der Waals surface area (Å²) >= 11 is 0. The first-order chi connectivity index (χ1) is 10.5. The average Bonchev–Trinajstić information content (AvgIpc) is 2.87. The van der Waals surface area contributed by atoms with Crippen LogP contribution in [0.1, 0.15) is 32.3 Å². The molecule has 6 heteroatoms. The standard InChI is InChI=1S/C16H23N2O3S/c1-4-6-11-18-13-12-17(5-2)16(18)21-22(19,20)15-9-7-14(3)8-10-15/h7-10,12-13H,4-6,11H2,1-3H3/q+1. The quantitative estimate of drug-likeness (QED) is 0.581. The molecule has 1 aromatic heterocycles. The summed E-state index contributed by atoms with van der Waals surface area (Å²) in [6, 6.07) is 7.03. The number of unbranched alkanes of at least 4 members (excludes halogenated alkanes) is 1. The zero-order chi connectivity index (χ0) is 16.2. The summed E-state index contributed by atoms with van der Waals surface area (Å²) in [5.74, 6) is 0. The molecule has 1 aromatic carbocycles. The van der Waals surface area contributed by atoms with E-state index in [2.05, 4.69) is 6.92 Å². The molecule has 0 unspecified atom stereocenters. The minimum Gasteiger partial charge on any atom is -0.305 e. The molecule has 1 heterocycles. The molecular formula is C16H23N2O3S+. The molecule has 5 nitrogen and oxygen atoms in total. The van der Waals surface area contributed by atoms with Gasteiger partial charge in [-0.2, -0.15) is 17.6 Å². The Balaban J connectivity index is 2.32. The molecule has 0 spiro atoms. The van der Waals surface area contributed by atoms with Crippen LogP contribution in [0, 0.1) is 6.92 Å². The predicted molar refractivity (Wildman–Crippen MR) is 84.2 cm³/mol. The van der Waals surface area contributed by atoms with Gasteiger partial charge in [-0.15, -0.1) is 0 Å². The first-order valence-corrected chi connectivity index (χ1v) is 8.98. The Hall–Kier alpha value is -1.82. The van der Waals surface area contributed by atoms with Gasteiger partial charge in [-0.05, 0) is 32.4 Å². The largest absolute Gasteiger partial charge is 0.472 e. The van der Waals surface area contributed by atoms with Crippen molar-refractivity contribution in [2.24, 2.45) is 0 Å². The van der Waals surface area contributed by atoms with Crippen LogP contribution in [0.3, 0.4) is 0 Å². The van der Waals surface area contributed by atoms with E-state index in [1.165, 1.54) is 0 Å². The van der Waals surface area contributed by atoms with Gasteiger partial charge in [0, 0.05) is 0 Å². The molecule has 0 radical (unpaired) electrons. The first kappa shape index (κ1) is 16.5. The van der Waals surface area contributed by atoms with Crippen molar-refractivity contribution >= 4 is 10.1 Å². The highest BCUT2D eigenvalue weighted by Gasteiger charge is 2.26. The zero-order valence-electron chi connectivity index (χ0n) is 13.3. The van der Waals surface area contributed by atoms with E-state index in [-0.39, 0.29) is 4.90 Å². The Kier molecular flexibility index (Phi) is 5.24. The molecule has 120 valence electrons. The fourth-order valence-corrected chi connectivity index (χ4v) is 3.09. The molecule has 0 bridgehead atoms. The van der Waals surface area contributed by atoms with E-state index < -0.39 is 10.1 Å². The zero-order valence-corrected chi connectivity index (χ0v) is 14.1. The second-order valence-corrected chi connectivity index (χ2v) is 6.81. The first-order valence-electron chi connectivity index (χ1n) is 7.57. The van der Waals surface area contributed by atoms with Gasteiger partial charge in [-0.3, -0.25) is 0 Å². The molecule has 0 saturated heterocycles. The average molecular weight is 323 g/mol. The van der Waals surface area contributed by atoms with E-state index in [0.717, 1.165) is 24.9 Å². The van der Waals surface area contributed by atoms with Gasteiger partial charge in [0.15, 0.2) is 0 Å². The van der Waals surface area contributed by atoms with E-state index in [1.807, 2.05) is 30.8 Å². The summed E-state index contributed by atoms with van der Waals surface area (Å²) in [4.78, 5) is 0.170. The van der Waals surface area contributed by atoms with Crippen LogP contribution in [0.4, 0.5) is 0 Å². The normalized spacial score (nSPS) is 11.6. The van der Waals surface area contributed by atoms with Crippen molar-refractivity contribution < 1.29 is 17.2 Å². The van der Waals surface area contributed by atoms with Crippen molar-refractivity contribution in [3.63, 3.8) is 0 Å². The molecule has 0 amide bonds. The molecule has 0 saturated carbocycles. The van der Waals surface area contributed by atoms with Crippen molar-refractivity contribution in [1.82, 2.24) is 4.57 Å². The summed E-state index contributed by atoms with van der Waals surface area (Å²) in [5, 5.41) is 0. The lowest BCUT2D eigenvalue weighted by atomic mass is 10.2. The molecular weight excluding hydrogens is 300 g/mol. The monoisotopic (exact) mass is 323 g/mol. The van der Waals surface area contributed by atoms with Gasteiger partial charge in [0.2, 0.25) is 0 Å². The number of imidazole rings is 1. The number of nitrogens with zero attached hydrogens (tertiary/aromatic N) is 2. The molecule has 0 atom stereocenters. The molecule has 0 fully saturated rings. The molecule has 0 aliphatic heterocycles.